The van der Waals surface area contributed by atoms with Crippen molar-refractivity contribution in [2.45, 2.75) is 0 Å². The molecular formula is C19H11N5O4S. The van der Waals surface area contributed by atoms with Gasteiger partial charge in [0.05, 0.1) is 11.3 Å². The molecule has 5 rings (SSSR count). The zero-order valence-electron chi connectivity index (χ0n) is 14.6. The molecule has 0 spiro atoms. The van der Waals surface area contributed by atoms with Gasteiger partial charge in [-0.05, 0) is 18.2 Å². The zero-order valence-corrected chi connectivity index (χ0v) is 15.5. The Labute approximate surface area is 166 Å². The van der Waals surface area contributed by atoms with Gasteiger partial charge >= 0.3 is 5.97 Å². The Morgan fingerprint density at radius 1 is 1.14 bits per heavy atom. The first-order valence-electron chi connectivity index (χ1n) is 8.52. The summed E-state index contributed by atoms with van der Waals surface area (Å²) in [5.74, 6) is -1.30. The lowest BCUT2D eigenvalue weighted by Gasteiger charge is -2.13. The number of aromatic nitrogens is 4. The number of benzene rings is 1. The lowest BCUT2D eigenvalue weighted by atomic mass is 10.1. The number of anilines is 1. The van der Waals surface area contributed by atoms with E-state index in [0.717, 1.165) is 20.8 Å². The quantitative estimate of drug-likeness (QED) is 0.529. The van der Waals surface area contributed by atoms with Crippen LogP contribution in [0.15, 0.2) is 53.6 Å². The number of carbonyl (C=O) groups is 2. The second-order valence-electron chi connectivity index (χ2n) is 6.29. The van der Waals surface area contributed by atoms with E-state index in [9.17, 15) is 14.4 Å². The van der Waals surface area contributed by atoms with E-state index >= 15 is 0 Å². The minimum Gasteiger partial charge on any atom is -0.480 e. The molecule has 1 aliphatic heterocycles. The Bertz CT molecular complexity index is 1410. The number of carbonyl (C=O) groups excluding carboxylic acids is 1. The van der Waals surface area contributed by atoms with E-state index in [4.69, 9.17) is 5.11 Å². The third-order valence-electron chi connectivity index (χ3n) is 4.52. The van der Waals surface area contributed by atoms with Crippen LogP contribution >= 0.6 is 11.3 Å². The number of hydrogen-bond donors (Lipinski definition) is 1. The van der Waals surface area contributed by atoms with Gasteiger partial charge in [0.15, 0.2) is 5.82 Å². The number of para-hydroxylation sites is 1. The summed E-state index contributed by atoms with van der Waals surface area (Å²) < 4.78 is 1.34. The smallest absolute Gasteiger partial charge is 0.323 e. The van der Waals surface area contributed by atoms with E-state index in [1.165, 1.54) is 0 Å². The lowest BCUT2D eigenvalue weighted by Crippen LogP contribution is -2.35. The molecular weight excluding hydrogens is 394 g/mol. The van der Waals surface area contributed by atoms with Crippen molar-refractivity contribution in [3.63, 3.8) is 0 Å². The van der Waals surface area contributed by atoms with E-state index in [1.807, 2.05) is 0 Å². The van der Waals surface area contributed by atoms with Crippen LogP contribution < -0.4 is 15.0 Å². The number of carboxylic acids is 1. The first-order chi connectivity index (χ1) is 14.0. The third kappa shape index (κ3) is 2.61. The van der Waals surface area contributed by atoms with Gasteiger partial charge in [0.25, 0.3) is 11.5 Å². The van der Waals surface area contributed by atoms with E-state index in [2.05, 4.69) is 15.1 Å². The molecule has 1 amide bonds. The normalized spacial score (nSPS) is 15.2. The maximum absolute atomic E-state index is 13.0. The van der Waals surface area contributed by atoms with Gasteiger partial charge in [0.2, 0.25) is 4.96 Å². The summed E-state index contributed by atoms with van der Waals surface area (Å²) in [7, 11) is 0. The number of pyridine rings is 1. The van der Waals surface area contributed by atoms with Gasteiger partial charge in [-0.1, -0.05) is 29.5 Å². The van der Waals surface area contributed by atoms with Crippen molar-refractivity contribution in [3.8, 4) is 11.4 Å². The van der Waals surface area contributed by atoms with Crippen molar-refractivity contribution in [1.29, 1.82) is 0 Å². The SMILES string of the molecule is O=C(O)CN1C(=O)C(=c2sc3nc(-c4cccnc4)nn3c2=O)c2ccccc21. The minimum absolute atomic E-state index is 0.173. The molecule has 142 valence electrons. The molecule has 4 heterocycles. The first kappa shape index (κ1) is 17.2. The number of thiazole rings is 1. The summed E-state index contributed by atoms with van der Waals surface area (Å²) in [6.45, 7) is -0.487. The number of hydrogen-bond acceptors (Lipinski definition) is 7. The molecule has 10 heteroatoms. The molecule has 3 aromatic heterocycles. The van der Waals surface area contributed by atoms with E-state index in [-0.39, 0.29) is 10.1 Å². The number of rotatable bonds is 3. The molecule has 1 aliphatic rings. The Kier molecular flexibility index (Phi) is 3.74. The van der Waals surface area contributed by atoms with Crippen molar-refractivity contribution in [3.05, 3.63) is 69.2 Å². The van der Waals surface area contributed by atoms with Crippen LogP contribution in [0.3, 0.4) is 0 Å². The molecule has 1 N–H and O–H groups in total. The van der Waals surface area contributed by atoms with Crippen LogP contribution in [0.25, 0.3) is 21.9 Å². The topological polar surface area (TPSA) is 118 Å². The van der Waals surface area contributed by atoms with Crippen LogP contribution in [0.4, 0.5) is 5.69 Å². The summed E-state index contributed by atoms with van der Waals surface area (Å²) in [5.41, 5.74) is 1.36. The maximum Gasteiger partial charge on any atom is 0.323 e. The van der Waals surface area contributed by atoms with E-state index in [1.54, 1.807) is 48.8 Å². The van der Waals surface area contributed by atoms with Gasteiger partial charge in [-0.25, -0.2) is 0 Å². The Morgan fingerprint density at radius 3 is 2.69 bits per heavy atom. The van der Waals surface area contributed by atoms with Crippen molar-refractivity contribution in [1.82, 2.24) is 19.6 Å². The average Bonchev–Trinajstić information content (AvgIpc) is 3.35. The van der Waals surface area contributed by atoms with E-state index in [0.29, 0.717) is 27.6 Å². The van der Waals surface area contributed by atoms with Crippen LogP contribution in [-0.2, 0) is 9.59 Å². The summed E-state index contributed by atoms with van der Waals surface area (Å²) in [6, 6.07) is 10.3. The second-order valence-corrected chi connectivity index (χ2v) is 7.26. The van der Waals surface area contributed by atoms with Crippen LogP contribution in [0.2, 0.25) is 0 Å². The van der Waals surface area contributed by atoms with Crippen LogP contribution in [-0.4, -0.2) is 43.1 Å². The summed E-state index contributed by atoms with van der Waals surface area (Å²) >= 11 is 1.05. The Hall–Kier alpha value is -3.92. The predicted octanol–water partition coefficient (Wildman–Crippen LogP) is 0.562. The minimum atomic E-state index is -1.14. The lowest BCUT2D eigenvalue weighted by molar-refractivity contribution is -0.136. The number of aliphatic carboxylic acids is 1. The highest BCUT2D eigenvalue weighted by Gasteiger charge is 2.35. The highest BCUT2D eigenvalue weighted by molar-refractivity contribution is 7.15. The molecule has 0 atom stereocenters. The molecule has 0 fully saturated rings. The highest BCUT2D eigenvalue weighted by atomic mass is 32.1. The highest BCUT2D eigenvalue weighted by Crippen LogP contribution is 2.34. The van der Waals surface area contributed by atoms with E-state index < -0.39 is 24.0 Å². The fourth-order valence-electron chi connectivity index (χ4n) is 3.29. The van der Waals surface area contributed by atoms with Gasteiger partial charge in [-0.2, -0.15) is 9.50 Å². The largest absolute Gasteiger partial charge is 0.480 e. The molecule has 9 nitrogen and oxygen atoms in total. The van der Waals surface area contributed by atoms with Gasteiger partial charge in [0, 0.05) is 23.5 Å². The standard InChI is InChI=1S/C19H11N5O4S/c25-13(26)9-23-12-6-2-1-5-11(12)14(17(23)27)15-18(28)24-19(29-15)21-16(22-24)10-4-3-7-20-8-10/h1-8H,9H2,(H,25,26). The van der Waals surface area contributed by atoms with Crippen molar-refractivity contribution in [2.24, 2.45) is 0 Å². The van der Waals surface area contributed by atoms with Crippen molar-refractivity contribution >= 4 is 39.4 Å². The average molecular weight is 405 g/mol. The van der Waals surface area contributed by atoms with Crippen molar-refractivity contribution in [2.75, 3.05) is 11.4 Å². The van der Waals surface area contributed by atoms with Crippen LogP contribution in [0, 0.1) is 0 Å². The Balaban J connectivity index is 1.73. The molecule has 0 aliphatic carbocycles. The summed E-state index contributed by atoms with van der Waals surface area (Å²) in [6.07, 6.45) is 3.22. The molecule has 0 radical (unpaired) electrons. The molecule has 4 aromatic rings. The Morgan fingerprint density at radius 2 is 1.97 bits per heavy atom. The third-order valence-corrected chi connectivity index (χ3v) is 5.55. The van der Waals surface area contributed by atoms with Crippen LogP contribution in [0.5, 0.6) is 0 Å². The molecule has 0 saturated carbocycles. The predicted molar refractivity (Wildman–Crippen MR) is 105 cm³/mol. The van der Waals surface area contributed by atoms with Gasteiger partial charge in [-0.3, -0.25) is 24.3 Å². The molecule has 29 heavy (non-hydrogen) atoms. The fraction of sp³-hybridized carbons (Fsp3) is 0.0526. The molecule has 0 unspecified atom stereocenters. The molecule has 0 saturated heterocycles. The second kappa shape index (κ2) is 6.31. The number of nitrogens with zero attached hydrogens (tertiary/aromatic N) is 5. The van der Waals surface area contributed by atoms with Gasteiger partial charge in [0.1, 0.15) is 11.1 Å². The van der Waals surface area contributed by atoms with Gasteiger partial charge < -0.3 is 5.11 Å². The van der Waals surface area contributed by atoms with Gasteiger partial charge in [-0.15, -0.1) is 5.10 Å². The summed E-state index contributed by atoms with van der Waals surface area (Å²) in [4.78, 5) is 47.1. The zero-order chi connectivity index (χ0) is 20.1. The molecule has 0 bridgehead atoms. The van der Waals surface area contributed by atoms with Crippen LogP contribution in [0.1, 0.15) is 5.56 Å². The fourth-order valence-corrected chi connectivity index (χ4v) is 4.29. The number of amides is 1. The molecule has 1 aromatic carbocycles. The van der Waals surface area contributed by atoms with Crippen molar-refractivity contribution < 1.29 is 14.7 Å². The first-order valence-corrected chi connectivity index (χ1v) is 9.33. The number of carboxylic acid groups (broad SMARTS) is 1. The maximum atomic E-state index is 13.0. The summed E-state index contributed by atoms with van der Waals surface area (Å²) in [5, 5.41) is 13.4. The monoisotopic (exact) mass is 405 g/mol. The number of fused-ring (bicyclic) bond motifs is 2.